The van der Waals surface area contributed by atoms with Crippen molar-refractivity contribution in [2.45, 2.75) is 6.92 Å². The average Bonchev–Trinajstić information content (AvgIpc) is 2.39. The molecule has 0 aliphatic carbocycles. The number of esters is 1. The van der Waals surface area contributed by atoms with E-state index >= 15 is 0 Å². The number of carbonyl (C=O) groups is 1. The van der Waals surface area contributed by atoms with E-state index in [2.05, 4.69) is 4.74 Å². The number of hydrogen-bond donors (Lipinski definition) is 0. The van der Waals surface area contributed by atoms with E-state index in [0.29, 0.717) is 11.3 Å². The zero-order valence-corrected chi connectivity index (χ0v) is 11.1. The van der Waals surface area contributed by atoms with Crippen LogP contribution >= 0.6 is 11.6 Å². The number of rotatable bonds is 5. The Bertz CT molecular complexity index is 527. The van der Waals surface area contributed by atoms with Gasteiger partial charge in [0.05, 0.1) is 17.1 Å². The zero-order chi connectivity index (χ0) is 14.4. The SMILES string of the molecule is COC(=O)C(C)=CCOc1ccc([N+](=O)[O-])cc1Cl. The number of methoxy groups -OCH3 is 1. The predicted molar refractivity (Wildman–Crippen MR) is 69.4 cm³/mol. The van der Waals surface area contributed by atoms with Crippen LogP contribution in [-0.4, -0.2) is 24.6 Å². The fraction of sp³-hybridized carbons (Fsp3) is 0.250. The van der Waals surface area contributed by atoms with Crippen molar-refractivity contribution in [2.24, 2.45) is 0 Å². The quantitative estimate of drug-likeness (QED) is 0.360. The third-order valence-electron chi connectivity index (χ3n) is 2.26. The Kier molecular flexibility index (Phi) is 5.32. The first kappa shape index (κ1) is 15.0. The highest BCUT2D eigenvalue weighted by molar-refractivity contribution is 6.32. The number of halogens is 1. The molecule has 1 rings (SSSR count). The van der Waals surface area contributed by atoms with E-state index in [4.69, 9.17) is 16.3 Å². The van der Waals surface area contributed by atoms with Gasteiger partial charge in [0.15, 0.2) is 0 Å². The van der Waals surface area contributed by atoms with Crippen LogP contribution in [0.15, 0.2) is 29.8 Å². The fourth-order valence-electron chi connectivity index (χ4n) is 1.22. The normalized spacial score (nSPS) is 11.0. The van der Waals surface area contributed by atoms with Crippen molar-refractivity contribution >= 4 is 23.3 Å². The van der Waals surface area contributed by atoms with Gasteiger partial charge in [-0.05, 0) is 19.1 Å². The summed E-state index contributed by atoms with van der Waals surface area (Å²) in [7, 11) is 1.29. The van der Waals surface area contributed by atoms with Crippen molar-refractivity contribution in [3.63, 3.8) is 0 Å². The van der Waals surface area contributed by atoms with Gasteiger partial charge in [-0.15, -0.1) is 0 Å². The second-order valence-corrected chi connectivity index (χ2v) is 3.97. The molecule has 0 atom stereocenters. The maximum atomic E-state index is 11.1. The van der Waals surface area contributed by atoms with E-state index in [1.807, 2.05) is 0 Å². The molecule has 0 radical (unpaired) electrons. The van der Waals surface area contributed by atoms with Crippen molar-refractivity contribution in [1.82, 2.24) is 0 Å². The van der Waals surface area contributed by atoms with Gasteiger partial charge in [-0.3, -0.25) is 10.1 Å². The summed E-state index contributed by atoms with van der Waals surface area (Å²) in [4.78, 5) is 21.1. The van der Waals surface area contributed by atoms with Crippen LogP contribution in [0.2, 0.25) is 5.02 Å². The first-order chi connectivity index (χ1) is 8.95. The van der Waals surface area contributed by atoms with Crippen LogP contribution in [0.1, 0.15) is 6.92 Å². The van der Waals surface area contributed by atoms with Gasteiger partial charge in [0, 0.05) is 17.7 Å². The lowest BCUT2D eigenvalue weighted by molar-refractivity contribution is -0.384. The number of hydrogen-bond acceptors (Lipinski definition) is 5. The molecule has 6 nitrogen and oxygen atoms in total. The number of benzene rings is 1. The molecular weight excluding hydrogens is 274 g/mol. The molecule has 0 heterocycles. The van der Waals surface area contributed by atoms with Crippen LogP contribution < -0.4 is 4.74 Å². The second-order valence-electron chi connectivity index (χ2n) is 3.56. The summed E-state index contributed by atoms with van der Waals surface area (Å²) in [6.07, 6.45) is 1.53. The first-order valence-electron chi connectivity index (χ1n) is 5.27. The minimum absolute atomic E-state index is 0.110. The summed E-state index contributed by atoms with van der Waals surface area (Å²) in [6, 6.07) is 3.90. The number of non-ortho nitro benzene ring substituents is 1. The van der Waals surface area contributed by atoms with Gasteiger partial charge in [-0.1, -0.05) is 11.6 Å². The summed E-state index contributed by atoms with van der Waals surface area (Å²) in [5.41, 5.74) is 0.291. The Morgan fingerprint density at radius 2 is 2.21 bits per heavy atom. The van der Waals surface area contributed by atoms with Crippen LogP contribution in [0, 0.1) is 10.1 Å². The highest BCUT2D eigenvalue weighted by Gasteiger charge is 2.10. The van der Waals surface area contributed by atoms with E-state index in [9.17, 15) is 14.9 Å². The molecule has 0 spiro atoms. The maximum absolute atomic E-state index is 11.1. The summed E-state index contributed by atoms with van der Waals surface area (Å²) in [5, 5.41) is 10.7. The molecule has 0 N–H and O–H groups in total. The average molecular weight is 286 g/mol. The van der Waals surface area contributed by atoms with E-state index in [0.717, 1.165) is 0 Å². The summed E-state index contributed by atoms with van der Waals surface area (Å²) >= 11 is 5.84. The standard InChI is InChI=1S/C12H12ClNO5/c1-8(12(15)18-2)5-6-19-11-4-3-9(14(16)17)7-10(11)13/h3-5,7H,6H2,1-2H3. The molecule has 0 amide bonds. The van der Waals surface area contributed by atoms with Gasteiger partial charge in [-0.25, -0.2) is 4.79 Å². The van der Waals surface area contributed by atoms with Gasteiger partial charge in [0.2, 0.25) is 0 Å². The molecule has 0 unspecified atom stereocenters. The second kappa shape index (κ2) is 6.75. The minimum atomic E-state index is -0.545. The summed E-state index contributed by atoms with van der Waals surface area (Å²) < 4.78 is 9.81. The third kappa shape index (κ3) is 4.26. The lowest BCUT2D eigenvalue weighted by Crippen LogP contribution is -2.04. The Hall–Kier alpha value is -2.08. The van der Waals surface area contributed by atoms with Crippen molar-refractivity contribution < 1.29 is 19.2 Å². The third-order valence-corrected chi connectivity index (χ3v) is 2.56. The van der Waals surface area contributed by atoms with Crippen LogP contribution in [0.4, 0.5) is 5.69 Å². The molecule has 0 aromatic heterocycles. The smallest absolute Gasteiger partial charge is 0.333 e. The molecule has 0 aliphatic heterocycles. The van der Waals surface area contributed by atoms with Crippen molar-refractivity contribution in [2.75, 3.05) is 13.7 Å². The molecule has 0 saturated heterocycles. The lowest BCUT2D eigenvalue weighted by atomic mass is 10.3. The highest BCUT2D eigenvalue weighted by atomic mass is 35.5. The Morgan fingerprint density at radius 1 is 1.53 bits per heavy atom. The maximum Gasteiger partial charge on any atom is 0.333 e. The highest BCUT2D eigenvalue weighted by Crippen LogP contribution is 2.28. The predicted octanol–water partition coefficient (Wildman–Crippen LogP) is 2.75. The molecule has 19 heavy (non-hydrogen) atoms. The van der Waals surface area contributed by atoms with Crippen LogP contribution in [-0.2, 0) is 9.53 Å². The molecule has 1 aromatic carbocycles. The van der Waals surface area contributed by atoms with E-state index in [-0.39, 0.29) is 17.3 Å². The Balaban J connectivity index is 2.69. The Morgan fingerprint density at radius 3 is 2.74 bits per heavy atom. The van der Waals surface area contributed by atoms with Gasteiger partial charge >= 0.3 is 5.97 Å². The number of nitro groups is 1. The van der Waals surface area contributed by atoms with Gasteiger partial charge < -0.3 is 9.47 Å². The van der Waals surface area contributed by atoms with Gasteiger partial charge in [0.1, 0.15) is 12.4 Å². The van der Waals surface area contributed by atoms with Crippen LogP contribution in [0.3, 0.4) is 0 Å². The number of carbonyl (C=O) groups excluding carboxylic acids is 1. The monoisotopic (exact) mass is 285 g/mol. The minimum Gasteiger partial charge on any atom is -0.488 e. The van der Waals surface area contributed by atoms with E-state index < -0.39 is 10.9 Å². The molecule has 0 fully saturated rings. The summed E-state index contributed by atoms with van der Waals surface area (Å²) in [6.45, 7) is 1.70. The first-order valence-corrected chi connectivity index (χ1v) is 5.65. The number of nitro benzene ring substituents is 1. The van der Waals surface area contributed by atoms with Crippen LogP contribution in [0.5, 0.6) is 5.75 Å². The van der Waals surface area contributed by atoms with Crippen LogP contribution in [0.25, 0.3) is 0 Å². The van der Waals surface area contributed by atoms with E-state index in [1.165, 1.54) is 31.4 Å². The van der Waals surface area contributed by atoms with Crippen molar-refractivity contribution in [3.05, 3.63) is 45.0 Å². The molecular formula is C12H12ClNO5. The van der Waals surface area contributed by atoms with Crippen molar-refractivity contribution in [1.29, 1.82) is 0 Å². The number of ether oxygens (including phenoxy) is 2. The lowest BCUT2D eigenvalue weighted by Gasteiger charge is -2.06. The molecule has 0 bridgehead atoms. The largest absolute Gasteiger partial charge is 0.488 e. The van der Waals surface area contributed by atoms with Crippen molar-refractivity contribution in [3.8, 4) is 5.75 Å². The molecule has 0 saturated carbocycles. The number of nitrogens with zero attached hydrogens (tertiary/aromatic N) is 1. The Labute approximate surface area is 114 Å². The van der Waals surface area contributed by atoms with E-state index in [1.54, 1.807) is 6.92 Å². The zero-order valence-electron chi connectivity index (χ0n) is 10.4. The topological polar surface area (TPSA) is 78.7 Å². The van der Waals surface area contributed by atoms with Gasteiger partial charge in [-0.2, -0.15) is 0 Å². The fourth-order valence-corrected chi connectivity index (χ4v) is 1.45. The molecule has 1 aromatic rings. The summed E-state index contributed by atoms with van der Waals surface area (Å²) in [5.74, 6) is -0.139. The molecule has 0 aliphatic rings. The molecule has 102 valence electrons. The molecule has 7 heteroatoms. The van der Waals surface area contributed by atoms with Gasteiger partial charge in [0.25, 0.3) is 5.69 Å².